The Morgan fingerprint density at radius 2 is 1.74 bits per heavy atom. The molecule has 0 aromatic heterocycles. The molecule has 0 saturated heterocycles. The number of carbonyl (C=O) groups excluding carboxylic acids is 1. The van der Waals surface area contributed by atoms with Gasteiger partial charge in [0.25, 0.3) is 5.91 Å². The normalized spacial score (nSPS) is 10.1. The Balaban J connectivity index is 2.40. The predicted molar refractivity (Wildman–Crippen MR) is 87.2 cm³/mol. The minimum atomic E-state index is -0.532. The number of carbonyl (C=O) groups is 1. The van der Waals surface area contributed by atoms with Crippen molar-refractivity contribution in [3.8, 4) is 23.0 Å². The van der Waals surface area contributed by atoms with Crippen molar-refractivity contribution < 1.29 is 24.1 Å². The number of rotatable bonds is 5. The van der Waals surface area contributed by atoms with Gasteiger partial charge in [0.05, 0.1) is 32.6 Å². The molecular weight excluding hydrogens is 322 g/mol. The zero-order valence-corrected chi connectivity index (χ0v) is 13.6. The summed E-state index contributed by atoms with van der Waals surface area (Å²) in [4.78, 5) is 12.4. The molecule has 0 heterocycles. The van der Waals surface area contributed by atoms with Gasteiger partial charge in [0.2, 0.25) is 5.75 Å². The van der Waals surface area contributed by atoms with Gasteiger partial charge in [-0.05, 0) is 30.3 Å². The van der Waals surface area contributed by atoms with Crippen molar-refractivity contribution in [3.63, 3.8) is 0 Å². The summed E-state index contributed by atoms with van der Waals surface area (Å²) < 4.78 is 15.7. The van der Waals surface area contributed by atoms with Gasteiger partial charge >= 0.3 is 0 Å². The van der Waals surface area contributed by atoms with E-state index in [1.54, 1.807) is 12.1 Å². The van der Waals surface area contributed by atoms with Gasteiger partial charge in [-0.25, -0.2) is 0 Å². The summed E-state index contributed by atoms with van der Waals surface area (Å²) >= 11 is 5.86. The van der Waals surface area contributed by atoms with Gasteiger partial charge in [-0.3, -0.25) is 4.79 Å². The highest BCUT2D eigenvalue weighted by atomic mass is 35.5. The van der Waals surface area contributed by atoms with Crippen LogP contribution in [0.4, 0.5) is 5.69 Å². The first-order valence-corrected chi connectivity index (χ1v) is 6.98. The van der Waals surface area contributed by atoms with Crippen LogP contribution < -0.4 is 19.5 Å². The summed E-state index contributed by atoms with van der Waals surface area (Å²) in [5, 5.41) is 12.8. The van der Waals surface area contributed by atoms with Crippen molar-refractivity contribution in [2.45, 2.75) is 0 Å². The molecule has 0 spiro atoms. The number of phenolic OH excluding ortho intramolecular Hbond substituents is 1. The average molecular weight is 338 g/mol. The fraction of sp³-hybridized carbons (Fsp3) is 0.188. The summed E-state index contributed by atoms with van der Waals surface area (Å²) in [6, 6.07) is 7.46. The lowest BCUT2D eigenvalue weighted by atomic mass is 10.1. The number of phenols is 1. The predicted octanol–water partition coefficient (Wildman–Crippen LogP) is 3.32. The van der Waals surface area contributed by atoms with E-state index in [4.69, 9.17) is 25.8 Å². The Kier molecular flexibility index (Phi) is 5.18. The number of hydrogen-bond acceptors (Lipinski definition) is 5. The molecule has 7 heteroatoms. The number of benzene rings is 2. The zero-order valence-electron chi connectivity index (χ0n) is 12.8. The molecule has 6 nitrogen and oxygen atoms in total. The van der Waals surface area contributed by atoms with E-state index in [2.05, 4.69) is 5.32 Å². The molecule has 2 aromatic rings. The third kappa shape index (κ3) is 3.43. The fourth-order valence-corrected chi connectivity index (χ4v) is 2.25. The molecule has 2 N–H and O–H groups in total. The maximum Gasteiger partial charge on any atom is 0.259 e. The van der Waals surface area contributed by atoms with Crippen LogP contribution in [0.2, 0.25) is 5.02 Å². The van der Waals surface area contributed by atoms with Crippen LogP contribution in [0.3, 0.4) is 0 Å². The maximum absolute atomic E-state index is 12.4. The van der Waals surface area contributed by atoms with Gasteiger partial charge in [-0.1, -0.05) is 11.6 Å². The molecule has 0 unspecified atom stereocenters. The molecule has 122 valence electrons. The number of methoxy groups -OCH3 is 3. The molecule has 2 rings (SSSR count). The molecule has 0 fully saturated rings. The van der Waals surface area contributed by atoms with Crippen LogP contribution in [-0.4, -0.2) is 32.3 Å². The van der Waals surface area contributed by atoms with Crippen LogP contribution in [0.15, 0.2) is 30.3 Å². The van der Waals surface area contributed by atoms with E-state index in [0.29, 0.717) is 28.0 Å². The van der Waals surface area contributed by atoms with Crippen LogP contribution >= 0.6 is 11.6 Å². The number of amides is 1. The highest BCUT2D eigenvalue weighted by Gasteiger charge is 2.19. The van der Waals surface area contributed by atoms with Crippen molar-refractivity contribution in [3.05, 3.63) is 40.9 Å². The number of nitrogens with one attached hydrogen (secondary N) is 1. The van der Waals surface area contributed by atoms with E-state index >= 15 is 0 Å². The smallest absolute Gasteiger partial charge is 0.259 e. The second-order valence-electron chi connectivity index (χ2n) is 4.50. The maximum atomic E-state index is 12.4. The third-order valence-electron chi connectivity index (χ3n) is 3.16. The number of aromatic hydroxyl groups is 1. The molecule has 0 aliphatic heterocycles. The van der Waals surface area contributed by atoms with Gasteiger partial charge in [-0.15, -0.1) is 0 Å². The molecule has 23 heavy (non-hydrogen) atoms. The highest BCUT2D eigenvalue weighted by Crippen LogP contribution is 2.42. The molecular formula is C16H16ClNO5. The number of anilines is 1. The molecule has 0 radical (unpaired) electrons. The first-order valence-electron chi connectivity index (χ1n) is 6.60. The Morgan fingerprint density at radius 1 is 1.04 bits per heavy atom. The third-order valence-corrected chi connectivity index (χ3v) is 3.39. The standard InChI is InChI=1S/C16H16ClNO5/c1-21-13-7-5-11(14(22-2)15(13)23-3)18-16(20)10-8-9(17)4-6-12(10)19/h4-8,19H,1-3H3,(H,18,20). The van der Waals surface area contributed by atoms with Gasteiger partial charge in [0, 0.05) is 5.02 Å². The van der Waals surface area contributed by atoms with Crippen LogP contribution in [0.5, 0.6) is 23.0 Å². The minimum absolute atomic E-state index is 0.0503. The molecule has 0 aliphatic carbocycles. The topological polar surface area (TPSA) is 77.0 Å². The summed E-state index contributed by atoms with van der Waals surface area (Å²) in [5.41, 5.74) is 0.420. The van der Waals surface area contributed by atoms with Crippen LogP contribution in [-0.2, 0) is 0 Å². The van der Waals surface area contributed by atoms with Crippen molar-refractivity contribution in [1.82, 2.24) is 0 Å². The number of halogens is 1. The van der Waals surface area contributed by atoms with Crippen molar-refractivity contribution in [2.24, 2.45) is 0 Å². The molecule has 0 bridgehead atoms. The van der Waals surface area contributed by atoms with Crippen LogP contribution in [0.1, 0.15) is 10.4 Å². The van der Waals surface area contributed by atoms with Gasteiger partial charge in [-0.2, -0.15) is 0 Å². The second-order valence-corrected chi connectivity index (χ2v) is 4.93. The molecule has 0 atom stereocenters. The average Bonchev–Trinajstić information content (AvgIpc) is 2.56. The van der Waals surface area contributed by atoms with Crippen molar-refractivity contribution in [1.29, 1.82) is 0 Å². The summed E-state index contributed by atoms with van der Waals surface area (Å²) in [7, 11) is 4.41. The van der Waals surface area contributed by atoms with Crippen molar-refractivity contribution in [2.75, 3.05) is 26.6 Å². The first-order chi connectivity index (χ1) is 11.0. The quantitative estimate of drug-likeness (QED) is 0.875. The van der Waals surface area contributed by atoms with Crippen LogP contribution in [0.25, 0.3) is 0 Å². The summed E-state index contributed by atoms with van der Waals surface area (Å²) in [6.45, 7) is 0. The minimum Gasteiger partial charge on any atom is -0.507 e. The molecule has 0 saturated carbocycles. The second kappa shape index (κ2) is 7.11. The largest absolute Gasteiger partial charge is 0.507 e. The Hall–Kier alpha value is -2.60. The monoisotopic (exact) mass is 337 g/mol. The van der Waals surface area contributed by atoms with Gasteiger partial charge in [0.1, 0.15) is 5.75 Å². The first kappa shape index (κ1) is 16.8. The number of ether oxygens (including phenoxy) is 3. The lowest BCUT2D eigenvalue weighted by Gasteiger charge is -2.16. The van der Waals surface area contributed by atoms with Gasteiger partial charge < -0.3 is 24.6 Å². The van der Waals surface area contributed by atoms with Crippen LogP contribution in [0, 0.1) is 0 Å². The van der Waals surface area contributed by atoms with E-state index < -0.39 is 5.91 Å². The van der Waals surface area contributed by atoms with E-state index in [0.717, 1.165) is 0 Å². The lowest BCUT2D eigenvalue weighted by molar-refractivity contribution is 0.102. The Labute approximate surface area is 138 Å². The molecule has 0 aliphatic rings. The molecule has 1 amide bonds. The van der Waals surface area contributed by atoms with Gasteiger partial charge in [0.15, 0.2) is 11.5 Å². The lowest BCUT2D eigenvalue weighted by Crippen LogP contribution is -2.13. The Morgan fingerprint density at radius 3 is 2.35 bits per heavy atom. The number of hydrogen-bond donors (Lipinski definition) is 2. The summed E-state index contributed by atoms with van der Waals surface area (Å²) in [6.07, 6.45) is 0. The highest BCUT2D eigenvalue weighted by molar-refractivity contribution is 6.31. The summed E-state index contributed by atoms with van der Waals surface area (Å²) in [5.74, 6) is 0.416. The van der Waals surface area contributed by atoms with E-state index in [-0.39, 0.29) is 11.3 Å². The zero-order chi connectivity index (χ0) is 17.0. The van der Waals surface area contributed by atoms with E-state index in [1.165, 1.54) is 39.5 Å². The molecule has 2 aromatic carbocycles. The van der Waals surface area contributed by atoms with E-state index in [1.807, 2.05) is 0 Å². The van der Waals surface area contributed by atoms with Crippen molar-refractivity contribution >= 4 is 23.2 Å². The SMILES string of the molecule is COc1ccc(NC(=O)c2cc(Cl)ccc2O)c(OC)c1OC. The Bertz CT molecular complexity index is 733. The fourth-order valence-electron chi connectivity index (χ4n) is 2.08. The van der Waals surface area contributed by atoms with E-state index in [9.17, 15) is 9.90 Å².